The van der Waals surface area contributed by atoms with Gasteiger partial charge in [-0.15, -0.1) is 0 Å². The summed E-state index contributed by atoms with van der Waals surface area (Å²) in [4.78, 5) is 27.1. The van der Waals surface area contributed by atoms with Crippen LogP contribution in [0.5, 0.6) is 0 Å². The number of urea groups is 1. The van der Waals surface area contributed by atoms with E-state index in [2.05, 4.69) is 16.0 Å². The van der Waals surface area contributed by atoms with Gasteiger partial charge in [-0.1, -0.05) is 18.2 Å². The molecule has 0 aromatic heterocycles. The summed E-state index contributed by atoms with van der Waals surface area (Å²) in [7, 11) is 3.68. The lowest BCUT2D eigenvalue weighted by Gasteiger charge is -2.19. The standard InChI is InChI=1S/C25H27FN4O2/c1-16-5-10-20(13-17(16)2)28-25(32)29-21-11-12-23(30(3)4)22(14-21)24(31)27-15-18-6-8-19(26)9-7-18/h5-14H,15H2,1-4H3,(H,27,31)(H2,28,29,32). The molecule has 0 spiro atoms. The second-order valence-electron chi connectivity index (χ2n) is 7.81. The monoisotopic (exact) mass is 434 g/mol. The molecule has 166 valence electrons. The van der Waals surface area contributed by atoms with E-state index < -0.39 is 6.03 Å². The number of hydrogen-bond donors (Lipinski definition) is 3. The molecule has 0 bridgehead atoms. The van der Waals surface area contributed by atoms with Crippen molar-refractivity contribution in [3.8, 4) is 0 Å². The molecular formula is C25H27FN4O2. The maximum Gasteiger partial charge on any atom is 0.323 e. The molecule has 3 rings (SSSR count). The van der Waals surface area contributed by atoms with Gasteiger partial charge in [0.1, 0.15) is 5.82 Å². The molecule has 0 saturated heterocycles. The van der Waals surface area contributed by atoms with Gasteiger partial charge in [-0.05, 0) is 73.0 Å². The molecule has 32 heavy (non-hydrogen) atoms. The average Bonchev–Trinajstić information content (AvgIpc) is 2.75. The lowest BCUT2D eigenvalue weighted by molar-refractivity contribution is 0.0951. The number of hydrogen-bond acceptors (Lipinski definition) is 3. The first kappa shape index (κ1) is 22.8. The Kier molecular flexibility index (Phi) is 7.10. The fourth-order valence-corrected chi connectivity index (χ4v) is 3.18. The fourth-order valence-electron chi connectivity index (χ4n) is 3.18. The van der Waals surface area contributed by atoms with E-state index in [1.165, 1.54) is 12.1 Å². The summed E-state index contributed by atoms with van der Waals surface area (Å²) in [5.74, 6) is -0.621. The van der Waals surface area contributed by atoms with Crippen LogP contribution in [-0.4, -0.2) is 26.0 Å². The molecule has 3 amide bonds. The smallest absolute Gasteiger partial charge is 0.323 e. The van der Waals surface area contributed by atoms with Crippen molar-refractivity contribution in [3.63, 3.8) is 0 Å². The normalized spacial score (nSPS) is 10.4. The second-order valence-corrected chi connectivity index (χ2v) is 7.81. The van der Waals surface area contributed by atoms with Crippen molar-refractivity contribution in [2.45, 2.75) is 20.4 Å². The highest BCUT2D eigenvalue weighted by molar-refractivity contribution is 6.04. The summed E-state index contributed by atoms with van der Waals surface area (Å²) in [5, 5.41) is 8.43. The van der Waals surface area contributed by atoms with Crippen molar-refractivity contribution in [2.75, 3.05) is 29.6 Å². The molecule has 0 atom stereocenters. The van der Waals surface area contributed by atoms with E-state index in [0.29, 0.717) is 22.6 Å². The van der Waals surface area contributed by atoms with E-state index in [0.717, 1.165) is 16.7 Å². The van der Waals surface area contributed by atoms with E-state index in [1.807, 2.05) is 51.0 Å². The molecule has 0 aliphatic carbocycles. The first-order valence-corrected chi connectivity index (χ1v) is 10.2. The van der Waals surface area contributed by atoms with Gasteiger partial charge in [0, 0.05) is 37.7 Å². The number of benzene rings is 3. The van der Waals surface area contributed by atoms with Crippen LogP contribution < -0.4 is 20.9 Å². The van der Waals surface area contributed by atoms with Crippen LogP contribution in [0, 0.1) is 19.7 Å². The number of aryl methyl sites for hydroxylation is 2. The molecule has 3 N–H and O–H groups in total. The number of carbonyl (C=O) groups is 2. The largest absolute Gasteiger partial charge is 0.377 e. The maximum absolute atomic E-state index is 13.1. The third kappa shape index (κ3) is 5.85. The Morgan fingerprint density at radius 1 is 0.844 bits per heavy atom. The summed E-state index contributed by atoms with van der Waals surface area (Å²) in [6.45, 7) is 4.25. The van der Waals surface area contributed by atoms with Crippen molar-refractivity contribution in [2.24, 2.45) is 0 Å². The van der Waals surface area contributed by atoms with E-state index in [1.54, 1.807) is 30.3 Å². The van der Waals surface area contributed by atoms with Crippen LogP contribution in [0.15, 0.2) is 60.7 Å². The molecule has 0 saturated carbocycles. The zero-order chi connectivity index (χ0) is 23.3. The number of rotatable bonds is 6. The zero-order valence-electron chi connectivity index (χ0n) is 18.6. The van der Waals surface area contributed by atoms with Crippen LogP contribution in [0.2, 0.25) is 0 Å². The Bertz CT molecular complexity index is 1130. The summed E-state index contributed by atoms with van der Waals surface area (Å²) < 4.78 is 13.1. The van der Waals surface area contributed by atoms with Crippen LogP contribution in [-0.2, 0) is 6.54 Å². The summed E-state index contributed by atoms with van der Waals surface area (Å²) in [5.41, 5.74) is 5.32. The van der Waals surface area contributed by atoms with Gasteiger partial charge in [0.15, 0.2) is 0 Å². The number of nitrogens with one attached hydrogen (secondary N) is 3. The van der Waals surface area contributed by atoms with Gasteiger partial charge in [-0.25, -0.2) is 9.18 Å². The van der Waals surface area contributed by atoms with Crippen LogP contribution in [0.3, 0.4) is 0 Å². The predicted octanol–water partition coefficient (Wildman–Crippen LogP) is 5.08. The van der Waals surface area contributed by atoms with Gasteiger partial charge in [-0.2, -0.15) is 0 Å². The summed E-state index contributed by atoms with van der Waals surface area (Å²) >= 11 is 0. The second kappa shape index (κ2) is 9.96. The molecule has 0 aliphatic rings. The van der Waals surface area contributed by atoms with Crippen LogP contribution in [0.25, 0.3) is 0 Å². The number of halogens is 1. The SMILES string of the molecule is Cc1ccc(NC(=O)Nc2ccc(N(C)C)c(C(=O)NCc3ccc(F)cc3)c2)cc1C. The number of amides is 3. The van der Waals surface area contributed by atoms with Crippen molar-refractivity contribution in [3.05, 3.63) is 88.7 Å². The molecule has 6 nitrogen and oxygen atoms in total. The maximum atomic E-state index is 13.1. The van der Waals surface area contributed by atoms with E-state index in [4.69, 9.17) is 0 Å². The quantitative estimate of drug-likeness (QED) is 0.506. The minimum Gasteiger partial charge on any atom is -0.377 e. The van der Waals surface area contributed by atoms with Crippen molar-refractivity contribution in [1.29, 1.82) is 0 Å². The fraction of sp³-hybridized carbons (Fsp3) is 0.200. The summed E-state index contributed by atoms with van der Waals surface area (Å²) in [6.07, 6.45) is 0. The van der Waals surface area contributed by atoms with Crippen LogP contribution in [0.1, 0.15) is 27.0 Å². The Hall–Kier alpha value is -3.87. The summed E-state index contributed by atoms with van der Waals surface area (Å²) in [6, 6.07) is 16.4. The third-order valence-electron chi connectivity index (χ3n) is 5.11. The number of anilines is 3. The molecule has 3 aromatic carbocycles. The molecule has 0 fully saturated rings. The molecule has 7 heteroatoms. The van der Waals surface area contributed by atoms with Crippen molar-refractivity contribution >= 4 is 29.0 Å². The van der Waals surface area contributed by atoms with Crippen LogP contribution >= 0.6 is 0 Å². The zero-order valence-corrected chi connectivity index (χ0v) is 18.6. The van der Waals surface area contributed by atoms with Gasteiger partial charge in [-0.3, -0.25) is 4.79 Å². The number of carbonyl (C=O) groups excluding carboxylic acids is 2. The Labute approximate surface area is 187 Å². The highest BCUT2D eigenvalue weighted by Gasteiger charge is 2.15. The van der Waals surface area contributed by atoms with Gasteiger partial charge < -0.3 is 20.9 Å². The minimum absolute atomic E-state index is 0.261. The van der Waals surface area contributed by atoms with E-state index in [-0.39, 0.29) is 18.3 Å². The van der Waals surface area contributed by atoms with Gasteiger partial charge >= 0.3 is 6.03 Å². The Balaban J connectivity index is 1.72. The highest BCUT2D eigenvalue weighted by Crippen LogP contribution is 2.23. The molecule has 0 radical (unpaired) electrons. The lowest BCUT2D eigenvalue weighted by Crippen LogP contribution is -2.26. The van der Waals surface area contributed by atoms with Crippen molar-refractivity contribution in [1.82, 2.24) is 5.32 Å². The minimum atomic E-state index is -0.400. The first-order valence-electron chi connectivity index (χ1n) is 10.2. The van der Waals surface area contributed by atoms with Crippen LogP contribution in [0.4, 0.5) is 26.2 Å². The van der Waals surface area contributed by atoms with Crippen molar-refractivity contribution < 1.29 is 14.0 Å². The van der Waals surface area contributed by atoms with Gasteiger partial charge in [0.25, 0.3) is 5.91 Å². The first-order chi connectivity index (χ1) is 15.2. The molecule has 3 aromatic rings. The predicted molar refractivity (Wildman–Crippen MR) is 127 cm³/mol. The molecule has 0 heterocycles. The Morgan fingerprint density at radius 2 is 1.47 bits per heavy atom. The highest BCUT2D eigenvalue weighted by atomic mass is 19.1. The third-order valence-corrected chi connectivity index (χ3v) is 5.11. The Morgan fingerprint density at radius 3 is 2.09 bits per heavy atom. The molecule has 0 unspecified atom stereocenters. The van der Waals surface area contributed by atoms with E-state index >= 15 is 0 Å². The number of nitrogens with zero attached hydrogens (tertiary/aromatic N) is 1. The topological polar surface area (TPSA) is 73.5 Å². The molecular weight excluding hydrogens is 407 g/mol. The van der Waals surface area contributed by atoms with Gasteiger partial charge in [0.2, 0.25) is 0 Å². The van der Waals surface area contributed by atoms with Gasteiger partial charge in [0.05, 0.1) is 5.56 Å². The van der Waals surface area contributed by atoms with E-state index in [9.17, 15) is 14.0 Å². The average molecular weight is 435 g/mol. The molecule has 0 aliphatic heterocycles. The lowest BCUT2D eigenvalue weighted by atomic mass is 10.1.